The first-order valence-electron chi connectivity index (χ1n) is 21.3. The molecule has 8 aliphatic rings. The first kappa shape index (κ1) is 36.5. The van der Waals surface area contributed by atoms with Crippen LogP contribution < -0.4 is 16.0 Å². The highest BCUT2D eigenvalue weighted by molar-refractivity contribution is 6.33. The first-order chi connectivity index (χ1) is 27.9. The number of carbonyl (C=O) groups is 2. The van der Waals surface area contributed by atoms with Crippen LogP contribution in [0.3, 0.4) is 0 Å². The first-order valence-corrected chi connectivity index (χ1v) is 21.6. The van der Waals surface area contributed by atoms with Gasteiger partial charge in [-0.25, -0.2) is 9.36 Å². The Morgan fingerprint density at radius 3 is 1.44 bits per heavy atom. The Kier molecular flexibility index (Phi) is 9.89. The van der Waals surface area contributed by atoms with Gasteiger partial charge in [-0.15, -0.1) is 0 Å². The van der Waals surface area contributed by atoms with Crippen LogP contribution in [0.2, 0.25) is 5.15 Å². The van der Waals surface area contributed by atoms with Gasteiger partial charge in [-0.1, -0.05) is 78.3 Å². The van der Waals surface area contributed by atoms with E-state index in [-0.39, 0.29) is 11.8 Å². The molecule has 8 bridgehead atoms. The van der Waals surface area contributed by atoms with Gasteiger partial charge < -0.3 is 16.0 Å². The maximum Gasteiger partial charge on any atom is 0.256 e. The second-order valence-corrected chi connectivity index (χ2v) is 18.3. The van der Waals surface area contributed by atoms with Crippen LogP contribution in [0.4, 0.5) is 5.82 Å². The van der Waals surface area contributed by atoms with E-state index in [1.54, 1.807) is 17.1 Å². The molecule has 0 saturated heterocycles. The summed E-state index contributed by atoms with van der Waals surface area (Å²) >= 11 is 6.46. The molecule has 3 aromatic carbocycles. The van der Waals surface area contributed by atoms with Crippen molar-refractivity contribution in [2.24, 2.45) is 47.3 Å². The van der Waals surface area contributed by atoms with Gasteiger partial charge in [0.1, 0.15) is 16.5 Å². The van der Waals surface area contributed by atoms with Crippen LogP contribution in [-0.2, 0) is 6.54 Å². The highest BCUT2D eigenvalue weighted by atomic mass is 35.5. The Hall–Kier alpha value is -4.89. The Labute approximate surface area is 340 Å². The third kappa shape index (κ3) is 7.28. The van der Waals surface area contributed by atoms with Gasteiger partial charge in [0.2, 0.25) is 0 Å². The molecule has 13 rings (SSSR count). The fraction of sp³-hybridized carbons (Fsp3) is 0.447. The third-order valence-electron chi connectivity index (χ3n) is 14.3. The zero-order chi connectivity index (χ0) is 38.5. The van der Waals surface area contributed by atoms with Crippen molar-refractivity contribution in [1.82, 2.24) is 30.2 Å². The molecule has 0 radical (unpaired) electrons. The number of nitrogens with one attached hydrogen (secondary N) is 3. The lowest BCUT2D eigenvalue weighted by Gasteiger charge is -2.54. The van der Waals surface area contributed by atoms with E-state index in [1.807, 2.05) is 83.5 Å². The number of nitrogens with zero attached hydrogens (tertiary/aromatic N) is 4. The van der Waals surface area contributed by atoms with Crippen molar-refractivity contribution < 1.29 is 9.59 Å². The van der Waals surface area contributed by atoms with Gasteiger partial charge in [0.15, 0.2) is 0 Å². The summed E-state index contributed by atoms with van der Waals surface area (Å²) in [4.78, 5) is 26.4. The van der Waals surface area contributed by atoms with Crippen LogP contribution in [0.5, 0.6) is 0 Å². The summed E-state index contributed by atoms with van der Waals surface area (Å²) in [5, 5.41) is 19.6. The maximum atomic E-state index is 13.5. The van der Waals surface area contributed by atoms with Crippen molar-refractivity contribution in [3.05, 3.63) is 125 Å². The SMILES string of the molecule is O=C(NC1C2CC3CC(C2)CC1C3)c1cnn(-c2ccccc2)c1Cl.O=C(NC1C2CC3CC(C2)CC1C3)c1cnn(-c2ccccc2)c1NCc1ccccc1. The molecule has 8 saturated carbocycles. The zero-order valence-corrected chi connectivity index (χ0v) is 33.1. The summed E-state index contributed by atoms with van der Waals surface area (Å²) in [5.41, 5.74) is 4.07. The molecule has 8 fully saturated rings. The lowest BCUT2D eigenvalue weighted by atomic mass is 9.54. The molecule has 0 spiro atoms. The lowest BCUT2D eigenvalue weighted by Crippen LogP contribution is -2.55. The third-order valence-corrected chi connectivity index (χ3v) is 14.7. The molecule has 3 N–H and O–H groups in total. The minimum absolute atomic E-state index is 0.000200. The molecule has 0 aliphatic heterocycles. The van der Waals surface area contributed by atoms with Crippen LogP contribution in [0.15, 0.2) is 103 Å². The van der Waals surface area contributed by atoms with Crippen molar-refractivity contribution in [2.45, 2.75) is 82.8 Å². The van der Waals surface area contributed by atoms with Gasteiger partial charge in [-0.05, 0) is 141 Å². The summed E-state index contributed by atoms with van der Waals surface area (Å²) in [6, 6.07) is 30.6. The van der Waals surface area contributed by atoms with Gasteiger partial charge in [-0.2, -0.15) is 10.2 Å². The topological polar surface area (TPSA) is 106 Å². The van der Waals surface area contributed by atoms with E-state index in [4.69, 9.17) is 11.6 Å². The summed E-state index contributed by atoms with van der Waals surface area (Å²) in [6.45, 7) is 0.637. The number of benzene rings is 3. The van der Waals surface area contributed by atoms with Crippen molar-refractivity contribution in [3.63, 3.8) is 0 Å². The van der Waals surface area contributed by atoms with E-state index in [9.17, 15) is 9.59 Å². The number of amides is 2. The van der Waals surface area contributed by atoms with Crippen molar-refractivity contribution in [3.8, 4) is 11.4 Å². The number of aromatic nitrogens is 4. The van der Waals surface area contributed by atoms with Crippen molar-refractivity contribution in [1.29, 1.82) is 0 Å². The monoisotopic (exact) mass is 781 g/mol. The molecular weight excluding hydrogens is 730 g/mol. The molecular formula is C47H52ClN7O2. The van der Waals surface area contributed by atoms with Gasteiger partial charge in [-0.3, -0.25) is 9.59 Å². The molecule has 5 aromatic rings. The molecule has 2 heterocycles. The molecule has 294 valence electrons. The smallest absolute Gasteiger partial charge is 0.256 e. The van der Waals surface area contributed by atoms with Crippen molar-refractivity contribution in [2.75, 3.05) is 5.32 Å². The van der Waals surface area contributed by atoms with E-state index in [0.29, 0.717) is 58.6 Å². The Bertz CT molecular complexity index is 2150. The van der Waals surface area contributed by atoms with E-state index >= 15 is 0 Å². The number of rotatable bonds is 9. The predicted molar refractivity (Wildman–Crippen MR) is 223 cm³/mol. The van der Waals surface area contributed by atoms with Gasteiger partial charge in [0.05, 0.1) is 29.3 Å². The molecule has 8 aliphatic carbocycles. The number of halogens is 1. The minimum Gasteiger partial charge on any atom is -0.365 e. The van der Waals surface area contributed by atoms with Crippen LogP contribution in [0.25, 0.3) is 11.4 Å². The zero-order valence-electron chi connectivity index (χ0n) is 32.3. The number of hydrogen-bond donors (Lipinski definition) is 3. The summed E-state index contributed by atoms with van der Waals surface area (Å²) in [7, 11) is 0. The predicted octanol–water partition coefficient (Wildman–Crippen LogP) is 9.12. The van der Waals surface area contributed by atoms with E-state index in [1.165, 1.54) is 69.8 Å². The molecule has 0 unspecified atom stereocenters. The van der Waals surface area contributed by atoms with Gasteiger partial charge >= 0.3 is 0 Å². The summed E-state index contributed by atoms with van der Waals surface area (Å²) < 4.78 is 3.46. The molecule has 2 aromatic heterocycles. The van der Waals surface area contributed by atoms with Gasteiger partial charge in [0.25, 0.3) is 11.8 Å². The second-order valence-electron chi connectivity index (χ2n) is 17.9. The Morgan fingerprint density at radius 1 is 0.544 bits per heavy atom. The fourth-order valence-corrected chi connectivity index (χ4v) is 12.5. The lowest BCUT2D eigenvalue weighted by molar-refractivity contribution is -0.0119. The number of hydrogen-bond acceptors (Lipinski definition) is 5. The Morgan fingerprint density at radius 2 is 0.947 bits per heavy atom. The van der Waals surface area contributed by atoms with Crippen LogP contribution >= 0.6 is 11.6 Å². The average Bonchev–Trinajstić information content (AvgIpc) is 3.84. The fourth-order valence-electron chi connectivity index (χ4n) is 12.2. The number of anilines is 1. The molecule has 9 nitrogen and oxygen atoms in total. The molecule has 10 heteroatoms. The quantitative estimate of drug-likeness (QED) is 0.138. The second kappa shape index (κ2) is 15.5. The highest BCUT2D eigenvalue weighted by Crippen LogP contribution is 2.55. The number of carbonyl (C=O) groups excluding carboxylic acids is 2. The van der Waals surface area contributed by atoms with Crippen molar-refractivity contribution >= 4 is 29.2 Å². The van der Waals surface area contributed by atoms with E-state index in [0.717, 1.165) is 40.9 Å². The average molecular weight is 782 g/mol. The van der Waals surface area contributed by atoms with E-state index in [2.05, 4.69) is 38.3 Å². The Balaban J connectivity index is 0.000000143. The summed E-state index contributed by atoms with van der Waals surface area (Å²) in [6.07, 6.45) is 16.5. The standard InChI is InChI=1S/C27H30N4O.C20H22ClN3O/c32-27(30-25-21-12-19-11-20(14-21)15-22(25)13-19)24-17-29-31(23-9-5-2-6-10-23)26(24)28-16-18-7-3-1-4-8-18;21-19-17(11-22-24(19)16-4-2-1-3-5-16)20(25)23-18-14-7-12-6-13(9-14)10-15(18)8-12/h1-10,17,19-22,25,28H,11-16H2,(H,30,32);1-5,11-15,18H,6-10H2,(H,23,25). The molecule has 2 amide bonds. The normalized spacial score (nSPS) is 30.1. The van der Waals surface area contributed by atoms with Crippen LogP contribution in [0.1, 0.15) is 90.5 Å². The summed E-state index contributed by atoms with van der Waals surface area (Å²) in [5.74, 6) is 6.89. The van der Waals surface area contributed by atoms with Crippen LogP contribution in [0, 0.1) is 47.3 Å². The maximum absolute atomic E-state index is 13.5. The number of para-hydroxylation sites is 2. The minimum atomic E-state index is -0.0790. The van der Waals surface area contributed by atoms with Crippen LogP contribution in [-0.4, -0.2) is 43.5 Å². The van der Waals surface area contributed by atoms with E-state index < -0.39 is 0 Å². The molecule has 57 heavy (non-hydrogen) atoms. The highest BCUT2D eigenvalue weighted by Gasteiger charge is 2.50. The van der Waals surface area contributed by atoms with Gasteiger partial charge in [0, 0.05) is 18.6 Å². The molecule has 0 atom stereocenters. The largest absolute Gasteiger partial charge is 0.365 e.